The van der Waals surface area contributed by atoms with Gasteiger partial charge < -0.3 is 4.74 Å². The van der Waals surface area contributed by atoms with E-state index in [0.29, 0.717) is 11.3 Å². The highest BCUT2D eigenvalue weighted by Gasteiger charge is 2.09. The Morgan fingerprint density at radius 1 is 1.24 bits per heavy atom. The SMILES string of the molecule is N#Cc1cc(C(=O)Oc2ccccc2)ccn1. The van der Waals surface area contributed by atoms with Gasteiger partial charge >= 0.3 is 5.97 Å². The summed E-state index contributed by atoms with van der Waals surface area (Å²) in [5.74, 6) is -0.0390. The molecule has 0 radical (unpaired) electrons. The van der Waals surface area contributed by atoms with Crippen molar-refractivity contribution in [3.8, 4) is 11.8 Å². The molecular weight excluding hydrogens is 216 g/mol. The molecule has 1 aromatic heterocycles. The number of nitrogens with zero attached hydrogens (tertiary/aromatic N) is 2. The van der Waals surface area contributed by atoms with Gasteiger partial charge in [0, 0.05) is 6.20 Å². The predicted octanol–water partition coefficient (Wildman–Crippen LogP) is 2.17. The molecule has 4 heteroatoms. The maximum absolute atomic E-state index is 11.7. The number of aromatic nitrogens is 1. The molecular formula is C13H8N2O2. The fourth-order valence-corrected chi connectivity index (χ4v) is 1.27. The number of hydrogen-bond donors (Lipinski definition) is 0. The van der Waals surface area contributed by atoms with Crippen molar-refractivity contribution >= 4 is 5.97 Å². The first-order chi connectivity index (χ1) is 8.29. The normalized spacial score (nSPS) is 9.35. The van der Waals surface area contributed by atoms with Crippen LogP contribution in [0.15, 0.2) is 48.7 Å². The molecule has 1 heterocycles. The molecule has 0 atom stereocenters. The van der Waals surface area contributed by atoms with Crippen molar-refractivity contribution in [2.45, 2.75) is 0 Å². The van der Waals surface area contributed by atoms with Gasteiger partial charge in [-0.2, -0.15) is 5.26 Å². The third-order valence-corrected chi connectivity index (χ3v) is 2.06. The van der Waals surface area contributed by atoms with Gasteiger partial charge in [-0.05, 0) is 24.3 Å². The number of nitriles is 1. The van der Waals surface area contributed by atoms with E-state index in [9.17, 15) is 4.79 Å². The van der Waals surface area contributed by atoms with Crippen molar-refractivity contribution in [1.82, 2.24) is 4.98 Å². The van der Waals surface area contributed by atoms with Crippen LogP contribution in [0.4, 0.5) is 0 Å². The second-order valence-electron chi connectivity index (χ2n) is 3.24. The quantitative estimate of drug-likeness (QED) is 0.579. The summed E-state index contributed by atoms with van der Waals surface area (Å²) in [5, 5.41) is 8.67. The summed E-state index contributed by atoms with van der Waals surface area (Å²) in [6, 6.07) is 13.5. The Hall–Kier alpha value is -2.67. The van der Waals surface area contributed by atoms with Gasteiger partial charge in [0.2, 0.25) is 0 Å². The van der Waals surface area contributed by atoms with E-state index >= 15 is 0 Å². The average molecular weight is 224 g/mol. The molecule has 0 spiro atoms. The van der Waals surface area contributed by atoms with Crippen LogP contribution in [0.5, 0.6) is 5.75 Å². The van der Waals surface area contributed by atoms with Crippen LogP contribution in [-0.4, -0.2) is 11.0 Å². The molecule has 1 aromatic carbocycles. The number of ether oxygens (including phenoxy) is 1. The summed E-state index contributed by atoms with van der Waals surface area (Å²) in [6.45, 7) is 0. The molecule has 0 unspecified atom stereocenters. The Morgan fingerprint density at radius 2 is 2.00 bits per heavy atom. The molecule has 0 fully saturated rings. The largest absolute Gasteiger partial charge is 0.423 e. The highest BCUT2D eigenvalue weighted by atomic mass is 16.5. The fraction of sp³-hybridized carbons (Fsp3) is 0. The van der Waals surface area contributed by atoms with Gasteiger partial charge in [0.1, 0.15) is 17.5 Å². The van der Waals surface area contributed by atoms with Gasteiger partial charge in [-0.25, -0.2) is 9.78 Å². The molecule has 0 N–H and O–H groups in total. The lowest BCUT2D eigenvalue weighted by molar-refractivity contribution is 0.0734. The van der Waals surface area contributed by atoms with E-state index in [1.807, 2.05) is 12.1 Å². The first-order valence-electron chi connectivity index (χ1n) is 4.93. The first-order valence-corrected chi connectivity index (χ1v) is 4.93. The van der Waals surface area contributed by atoms with E-state index in [4.69, 9.17) is 10.00 Å². The minimum Gasteiger partial charge on any atom is -0.423 e. The summed E-state index contributed by atoms with van der Waals surface area (Å²) in [5.41, 5.74) is 0.493. The Labute approximate surface area is 98.1 Å². The van der Waals surface area contributed by atoms with E-state index in [1.54, 1.807) is 24.3 Å². The lowest BCUT2D eigenvalue weighted by Crippen LogP contribution is -2.08. The number of hydrogen-bond acceptors (Lipinski definition) is 4. The maximum atomic E-state index is 11.7. The number of para-hydroxylation sites is 1. The van der Waals surface area contributed by atoms with Crippen LogP contribution in [-0.2, 0) is 0 Å². The van der Waals surface area contributed by atoms with E-state index in [0.717, 1.165) is 0 Å². The number of esters is 1. The van der Waals surface area contributed by atoms with Crippen LogP contribution in [0.2, 0.25) is 0 Å². The zero-order valence-electron chi connectivity index (χ0n) is 8.83. The van der Waals surface area contributed by atoms with Gasteiger partial charge in [0.15, 0.2) is 0 Å². The molecule has 0 saturated carbocycles. The lowest BCUT2D eigenvalue weighted by atomic mass is 10.2. The number of carbonyl (C=O) groups is 1. The standard InChI is InChI=1S/C13H8N2O2/c14-9-11-8-10(6-7-15-11)13(16)17-12-4-2-1-3-5-12/h1-8H. The second kappa shape index (κ2) is 4.90. The van der Waals surface area contributed by atoms with Crippen molar-refractivity contribution in [1.29, 1.82) is 5.26 Å². The summed E-state index contributed by atoms with van der Waals surface area (Å²) in [7, 11) is 0. The molecule has 2 rings (SSSR count). The molecule has 0 aliphatic heterocycles. The van der Waals surface area contributed by atoms with Gasteiger partial charge in [0.05, 0.1) is 5.56 Å². The van der Waals surface area contributed by atoms with Crippen molar-refractivity contribution in [3.05, 3.63) is 59.9 Å². The van der Waals surface area contributed by atoms with Crippen molar-refractivity contribution in [2.75, 3.05) is 0 Å². The highest BCUT2D eigenvalue weighted by Crippen LogP contribution is 2.11. The van der Waals surface area contributed by atoms with E-state index in [1.165, 1.54) is 18.3 Å². The van der Waals surface area contributed by atoms with Crippen molar-refractivity contribution in [2.24, 2.45) is 0 Å². The second-order valence-corrected chi connectivity index (χ2v) is 3.24. The van der Waals surface area contributed by atoms with Gasteiger partial charge in [-0.1, -0.05) is 18.2 Å². The molecule has 0 bridgehead atoms. The van der Waals surface area contributed by atoms with Crippen LogP contribution >= 0.6 is 0 Å². The third kappa shape index (κ3) is 2.67. The fourth-order valence-electron chi connectivity index (χ4n) is 1.27. The van der Waals surface area contributed by atoms with Crippen LogP contribution in [0, 0.1) is 11.3 Å². The zero-order valence-corrected chi connectivity index (χ0v) is 8.83. The van der Waals surface area contributed by atoms with Crippen LogP contribution in [0.1, 0.15) is 16.1 Å². The summed E-state index contributed by atoms with van der Waals surface area (Å²) >= 11 is 0. The smallest absolute Gasteiger partial charge is 0.343 e. The molecule has 82 valence electrons. The third-order valence-electron chi connectivity index (χ3n) is 2.06. The van der Waals surface area contributed by atoms with Gasteiger partial charge in [0.25, 0.3) is 0 Å². The first kappa shape index (κ1) is 10.8. The molecule has 4 nitrogen and oxygen atoms in total. The van der Waals surface area contributed by atoms with Gasteiger partial charge in [-0.15, -0.1) is 0 Å². The van der Waals surface area contributed by atoms with E-state index < -0.39 is 5.97 Å². The van der Waals surface area contributed by atoms with Crippen LogP contribution in [0.3, 0.4) is 0 Å². The summed E-state index contributed by atoms with van der Waals surface area (Å²) < 4.78 is 5.12. The Balaban J connectivity index is 2.18. The van der Waals surface area contributed by atoms with Crippen molar-refractivity contribution in [3.63, 3.8) is 0 Å². The molecule has 0 saturated heterocycles. The van der Waals surface area contributed by atoms with Gasteiger partial charge in [-0.3, -0.25) is 0 Å². The van der Waals surface area contributed by atoms with Crippen LogP contribution < -0.4 is 4.74 Å². The molecule has 17 heavy (non-hydrogen) atoms. The Kier molecular flexibility index (Phi) is 3.13. The zero-order chi connectivity index (χ0) is 12.1. The topological polar surface area (TPSA) is 63.0 Å². The molecule has 0 amide bonds. The Bertz CT molecular complexity index is 573. The number of benzene rings is 1. The predicted molar refractivity (Wildman–Crippen MR) is 60.4 cm³/mol. The molecule has 0 aliphatic rings. The van der Waals surface area contributed by atoms with E-state index in [2.05, 4.69) is 4.98 Å². The van der Waals surface area contributed by atoms with Crippen molar-refractivity contribution < 1.29 is 9.53 Å². The van der Waals surface area contributed by atoms with E-state index in [-0.39, 0.29) is 5.69 Å². The summed E-state index contributed by atoms with van der Waals surface area (Å²) in [4.78, 5) is 15.5. The Morgan fingerprint density at radius 3 is 2.71 bits per heavy atom. The molecule has 2 aromatic rings. The van der Waals surface area contributed by atoms with Crippen LogP contribution in [0.25, 0.3) is 0 Å². The monoisotopic (exact) mass is 224 g/mol. The lowest BCUT2D eigenvalue weighted by Gasteiger charge is -2.03. The number of pyridine rings is 1. The maximum Gasteiger partial charge on any atom is 0.343 e. The minimum absolute atomic E-state index is 0.188. The summed E-state index contributed by atoms with van der Waals surface area (Å²) in [6.07, 6.45) is 1.40. The minimum atomic E-state index is -0.505. The number of carbonyl (C=O) groups excluding carboxylic acids is 1. The molecule has 0 aliphatic carbocycles. The average Bonchev–Trinajstić information content (AvgIpc) is 2.40. The highest BCUT2D eigenvalue weighted by molar-refractivity contribution is 5.91. The number of rotatable bonds is 2.